The van der Waals surface area contributed by atoms with Gasteiger partial charge in [-0.1, -0.05) is 23.7 Å². The Morgan fingerprint density at radius 1 is 1.30 bits per heavy atom. The number of benzene rings is 1. The van der Waals surface area contributed by atoms with E-state index in [0.717, 1.165) is 12.8 Å². The van der Waals surface area contributed by atoms with E-state index in [2.05, 4.69) is 15.6 Å². The van der Waals surface area contributed by atoms with Crippen molar-refractivity contribution in [3.8, 4) is 0 Å². The van der Waals surface area contributed by atoms with E-state index >= 15 is 0 Å². The Kier molecular flexibility index (Phi) is 5.82. The van der Waals surface area contributed by atoms with Crippen molar-refractivity contribution in [1.82, 2.24) is 14.7 Å². The van der Waals surface area contributed by atoms with Crippen LogP contribution in [0.4, 0.5) is 5.69 Å². The number of anilines is 1. The predicted octanol–water partition coefficient (Wildman–Crippen LogP) is 3.14. The quantitative estimate of drug-likeness (QED) is 0.430. The summed E-state index contributed by atoms with van der Waals surface area (Å²) in [6.07, 6.45) is 6.37. The third-order valence-corrected chi connectivity index (χ3v) is 5.37. The van der Waals surface area contributed by atoms with Crippen LogP contribution in [0, 0.1) is 0 Å². The number of hydrogen-bond acceptors (Lipinski definition) is 6. The largest absolute Gasteiger partial charge is 0.452 e. The average Bonchev–Trinajstić information content (AvgIpc) is 3.33. The fraction of sp³-hybridized carbons (Fsp3) is 0.200. The lowest BCUT2D eigenvalue weighted by atomic mass is 10.1. The highest BCUT2D eigenvalue weighted by molar-refractivity contribution is 7.15. The number of ether oxygens (including phenoxy) is 1. The molecule has 10 heteroatoms. The van der Waals surface area contributed by atoms with Gasteiger partial charge in [0.15, 0.2) is 16.7 Å². The first-order valence-corrected chi connectivity index (χ1v) is 10.4. The number of aromatic nitrogens is 2. The monoisotopic (exact) mass is 444 g/mol. The van der Waals surface area contributed by atoms with Crippen molar-refractivity contribution in [1.29, 1.82) is 0 Å². The summed E-state index contributed by atoms with van der Waals surface area (Å²) in [5.41, 5.74) is 1.27. The number of amides is 2. The fourth-order valence-corrected chi connectivity index (χ4v) is 3.73. The number of fused-ring (bicyclic) bond motifs is 1. The summed E-state index contributed by atoms with van der Waals surface area (Å²) >= 11 is 7.48. The molecule has 0 saturated heterocycles. The van der Waals surface area contributed by atoms with Crippen molar-refractivity contribution < 1.29 is 19.1 Å². The number of imidazole rings is 1. The van der Waals surface area contributed by atoms with E-state index in [1.54, 1.807) is 34.9 Å². The van der Waals surface area contributed by atoms with Crippen molar-refractivity contribution >= 4 is 57.4 Å². The Balaban J connectivity index is 1.32. The second-order valence-corrected chi connectivity index (χ2v) is 7.86. The number of thiazole rings is 1. The number of esters is 1. The molecule has 1 aliphatic carbocycles. The Morgan fingerprint density at radius 3 is 2.90 bits per heavy atom. The first kappa shape index (κ1) is 20.1. The van der Waals surface area contributed by atoms with Gasteiger partial charge in [0.2, 0.25) is 0 Å². The molecule has 0 unspecified atom stereocenters. The van der Waals surface area contributed by atoms with E-state index in [9.17, 15) is 14.4 Å². The van der Waals surface area contributed by atoms with Crippen LogP contribution in [0.25, 0.3) is 11.0 Å². The van der Waals surface area contributed by atoms with Crippen LogP contribution >= 0.6 is 22.9 Å². The molecule has 4 rings (SSSR count). The lowest BCUT2D eigenvalue weighted by molar-refractivity contribution is -0.142. The molecule has 30 heavy (non-hydrogen) atoms. The third kappa shape index (κ3) is 4.69. The maximum atomic E-state index is 12.3. The minimum atomic E-state index is -0.703. The van der Waals surface area contributed by atoms with Crippen molar-refractivity contribution in [3.63, 3.8) is 0 Å². The molecule has 0 atom stereocenters. The van der Waals surface area contributed by atoms with Gasteiger partial charge in [0.25, 0.3) is 11.8 Å². The second-order valence-electron chi connectivity index (χ2n) is 6.63. The highest BCUT2D eigenvalue weighted by Gasteiger charge is 2.25. The molecule has 0 spiro atoms. The number of hydrogen-bond donors (Lipinski definition) is 2. The summed E-state index contributed by atoms with van der Waals surface area (Å²) in [6, 6.07) is 6.87. The van der Waals surface area contributed by atoms with Gasteiger partial charge in [-0.25, -0.2) is 9.78 Å². The van der Waals surface area contributed by atoms with E-state index in [0.29, 0.717) is 21.9 Å². The number of carbonyl (C=O) groups excluding carboxylic acids is 3. The minimum Gasteiger partial charge on any atom is -0.452 e. The Labute approximate surface area is 180 Å². The summed E-state index contributed by atoms with van der Waals surface area (Å²) in [5.74, 6) is -1.50. The topological polar surface area (TPSA) is 102 Å². The van der Waals surface area contributed by atoms with Gasteiger partial charge in [-0.2, -0.15) is 0 Å². The molecule has 8 nitrogen and oxygen atoms in total. The molecule has 2 N–H and O–H groups in total. The second kappa shape index (κ2) is 8.68. The van der Waals surface area contributed by atoms with Gasteiger partial charge in [-0.05, 0) is 31.1 Å². The zero-order valence-corrected chi connectivity index (χ0v) is 17.2. The Morgan fingerprint density at radius 2 is 2.10 bits per heavy atom. The molecule has 1 aliphatic rings. The Hall–Kier alpha value is -3.17. The minimum absolute atomic E-state index is 0.202. The van der Waals surface area contributed by atoms with Crippen LogP contribution in [0.3, 0.4) is 0 Å². The van der Waals surface area contributed by atoms with Crippen LogP contribution in [0.5, 0.6) is 0 Å². The molecule has 1 saturated carbocycles. The molecule has 2 aromatic heterocycles. The van der Waals surface area contributed by atoms with Crippen LogP contribution in [0.2, 0.25) is 5.15 Å². The van der Waals surface area contributed by atoms with Crippen molar-refractivity contribution in [2.24, 2.45) is 0 Å². The van der Waals surface area contributed by atoms with Crippen molar-refractivity contribution in [2.75, 3.05) is 11.9 Å². The first-order valence-electron chi connectivity index (χ1n) is 9.17. The molecular formula is C20H17ClN4O4S. The highest BCUT2D eigenvalue weighted by Crippen LogP contribution is 2.23. The lowest BCUT2D eigenvalue weighted by Gasteiger charge is -2.11. The van der Waals surface area contributed by atoms with E-state index < -0.39 is 18.5 Å². The van der Waals surface area contributed by atoms with Crippen molar-refractivity contribution in [3.05, 3.63) is 58.3 Å². The van der Waals surface area contributed by atoms with Gasteiger partial charge >= 0.3 is 5.97 Å². The predicted molar refractivity (Wildman–Crippen MR) is 114 cm³/mol. The maximum absolute atomic E-state index is 12.3. The van der Waals surface area contributed by atoms with E-state index in [4.69, 9.17) is 16.3 Å². The number of nitrogens with zero attached hydrogens (tertiary/aromatic N) is 2. The molecular weight excluding hydrogens is 428 g/mol. The molecule has 2 heterocycles. The average molecular weight is 445 g/mol. The smallest absolute Gasteiger partial charge is 0.331 e. The van der Waals surface area contributed by atoms with Crippen LogP contribution in [0.15, 0.2) is 41.9 Å². The van der Waals surface area contributed by atoms with Gasteiger partial charge < -0.3 is 15.4 Å². The van der Waals surface area contributed by atoms with Gasteiger partial charge in [-0.15, -0.1) is 11.3 Å². The summed E-state index contributed by atoms with van der Waals surface area (Å²) in [4.78, 5) is 41.3. The van der Waals surface area contributed by atoms with Crippen LogP contribution < -0.4 is 10.6 Å². The zero-order chi connectivity index (χ0) is 21.1. The molecule has 0 aliphatic heterocycles. The molecule has 1 fully saturated rings. The van der Waals surface area contributed by atoms with Gasteiger partial charge in [0.05, 0.1) is 16.9 Å². The molecule has 0 radical (unpaired) electrons. The fourth-order valence-electron chi connectivity index (χ4n) is 2.72. The highest BCUT2D eigenvalue weighted by atomic mass is 35.5. The van der Waals surface area contributed by atoms with Gasteiger partial charge in [0.1, 0.15) is 0 Å². The maximum Gasteiger partial charge on any atom is 0.331 e. The molecule has 2 amide bonds. The molecule has 154 valence electrons. The van der Waals surface area contributed by atoms with Crippen molar-refractivity contribution in [2.45, 2.75) is 18.9 Å². The summed E-state index contributed by atoms with van der Waals surface area (Å²) in [6.45, 7) is -0.490. The summed E-state index contributed by atoms with van der Waals surface area (Å²) in [7, 11) is 0. The van der Waals surface area contributed by atoms with Gasteiger partial charge in [-0.3, -0.25) is 14.0 Å². The van der Waals surface area contributed by atoms with E-state index in [1.807, 2.05) is 5.38 Å². The normalized spacial score (nSPS) is 13.5. The SMILES string of the molecule is O=C(COC(=O)C=Cc1c(Cl)nc2sccn12)Nc1ccccc1C(=O)NC1CC1. The van der Waals surface area contributed by atoms with Crippen LogP contribution in [-0.2, 0) is 14.3 Å². The first-order chi connectivity index (χ1) is 14.5. The number of carbonyl (C=O) groups is 3. The Bertz CT molecular complexity index is 1150. The zero-order valence-electron chi connectivity index (χ0n) is 15.6. The lowest BCUT2D eigenvalue weighted by Crippen LogP contribution is -2.27. The number of halogens is 1. The van der Waals surface area contributed by atoms with Crippen LogP contribution in [-0.4, -0.2) is 39.8 Å². The molecule has 1 aromatic carbocycles. The van der Waals surface area contributed by atoms with Crippen LogP contribution in [0.1, 0.15) is 28.9 Å². The van der Waals surface area contributed by atoms with E-state index in [-0.39, 0.29) is 17.1 Å². The number of para-hydroxylation sites is 1. The summed E-state index contributed by atoms with van der Waals surface area (Å²) in [5, 5.41) is 7.60. The standard InChI is InChI=1S/C20H17ClN4O4S/c21-18-15(25-9-10-30-20(25)24-18)7-8-17(27)29-11-16(26)23-14-4-2-1-3-13(14)19(28)22-12-5-6-12/h1-4,7-10,12H,5-6,11H2,(H,22,28)(H,23,26). The van der Waals surface area contributed by atoms with Gasteiger partial charge in [0, 0.05) is 23.7 Å². The third-order valence-electron chi connectivity index (χ3n) is 4.34. The molecule has 3 aromatic rings. The summed E-state index contributed by atoms with van der Waals surface area (Å²) < 4.78 is 6.72. The number of nitrogens with one attached hydrogen (secondary N) is 2. The number of rotatable bonds is 7. The molecule has 0 bridgehead atoms. The van der Waals surface area contributed by atoms with E-state index in [1.165, 1.54) is 23.5 Å².